The minimum Gasteiger partial charge on any atom is -0.449 e. The first-order chi connectivity index (χ1) is 19.4. The standard InChI is InChI=1S/C32H38N2O5S/c1-23-13-17-26(18-14-23)40(37,38)34(20-24-15-16-24)25(21-35)8-6-7-19-33-32(36)39-22-31-29-11-4-2-9-27(29)28-10-3-5-12-30(28)31/h2-5,9-14,17-18,24-25,31,35H,6-8,15-16,19-22H2,1H3,(H,33,36)/t25-/m0/s1. The zero-order valence-corrected chi connectivity index (χ0v) is 23.8. The predicted octanol–water partition coefficient (Wildman–Crippen LogP) is 5.47. The van der Waals surface area contributed by atoms with Gasteiger partial charge in [-0.1, -0.05) is 72.6 Å². The zero-order valence-electron chi connectivity index (χ0n) is 23.0. The van der Waals surface area contributed by atoms with Gasteiger partial charge in [-0.3, -0.25) is 0 Å². The molecule has 212 valence electrons. The SMILES string of the molecule is Cc1ccc(S(=O)(=O)N(CC2CC2)[C@H](CO)CCCCNC(=O)OCC2c3ccccc3-c3ccccc32)cc1. The first-order valence-electron chi connectivity index (χ1n) is 14.2. The number of aliphatic hydroxyl groups excluding tert-OH is 1. The minimum absolute atomic E-state index is 0.0105. The van der Waals surface area contributed by atoms with Crippen LogP contribution in [0.25, 0.3) is 11.1 Å². The molecule has 2 aliphatic carbocycles. The van der Waals surface area contributed by atoms with Crippen LogP contribution in [0, 0.1) is 12.8 Å². The van der Waals surface area contributed by atoms with E-state index >= 15 is 0 Å². The molecular formula is C32H38N2O5S. The van der Waals surface area contributed by atoms with Gasteiger partial charge in [0, 0.05) is 25.0 Å². The number of nitrogens with one attached hydrogen (secondary N) is 1. The van der Waals surface area contributed by atoms with Crippen LogP contribution < -0.4 is 5.32 Å². The number of carbonyl (C=O) groups is 1. The van der Waals surface area contributed by atoms with E-state index in [4.69, 9.17) is 4.74 Å². The molecule has 40 heavy (non-hydrogen) atoms. The Morgan fingerprint density at radius 3 is 2.20 bits per heavy atom. The van der Waals surface area contributed by atoms with E-state index in [1.807, 2.05) is 31.2 Å². The maximum absolute atomic E-state index is 13.5. The van der Waals surface area contributed by atoms with E-state index in [9.17, 15) is 18.3 Å². The monoisotopic (exact) mass is 562 g/mol. The number of nitrogens with zero attached hydrogens (tertiary/aromatic N) is 1. The van der Waals surface area contributed by atoms with Crippen molar-refractivity contribution < 1.29 is 23.1 Å². The fraction of sp³-hybridized carbons (Fsp3) is 0.406. The Bertz CT molecular complexity index is 1370. The normalized spacial score (nSPS) is 15.5. The van der Waals surface area contributed by atoms with Gasteiger partial charge < -0.3 is 15.2 Å². The fourth-order valence-corrected chi connectivity index (χ4v) is 7.24. The third-order valence-corrected chi connectivity index (χ3v) is 9.89. The zero-order chi connectivity index (χ0) is 28.1. The van der Waals surface area contributed by atoms with Crippen LogP contribution >= 0.6 is 0 Å². The van der Waals surface area contributed by atoms with Crippen molar-refractivity contribution in [1.82, 2.24) is 9.62 Å². The molecule has 0 unspecified atom stereocenters. The number of benzene rings is 3. The van der Waals surface area contributed by atoms with Crippen molar-refractivity contribution >= 4 is 16.1 Å². The lowest BCUT2D eigenvalue weighted by Gasteiger charge is -2.30. The van der Waals surface area contributed by atoms with Gasteiger partial charge in [0.2, 0.25) is 10.0 Å². The second kappa shape index (κ2) is 12.5. The van der Waals surface area contributed by atoms with Crippen LogP contribution in [-0.2, 0) is 14.8 Å². The summed E-state index contributed by atoms with van der Waals surface area (Å²) in [4.78, 5) is 12.7. The Labute approximate surface area is 237 Å². The van der Waals surface area contributed by atoms with E-state index in [0.717, 1.165) is 18.4 Å². The Morgan fingerprint density at radius 1 is 0.975 bits per heavy atom. The van der Waals surface area contributed by atoms with Crippen molar-refractivity contribution in [2.24, 2.45) is 5.92 Å². The van der Waals surface area contributed by atoms with Crippen molar-refractivity contribution in [2.45, 2.75) is 55.9 Å². The summed E-state index contributed by atoms with van der Waals surface area (Å²) in [6, 6.07) is 22.8. The molecular weight excluding hydrogens is 524 g/mol. The second-order valence-corrected chi connectivity index (χ2v) is 12.8. The average molecular weight is 563 g/mol. The summed E-state index contributed by atoms with van der Waals surface area (Å²) in [6.07, 6.45) is 3.41. The lowest BCUT2D eigenvalue weighted by molar-refractivity contribution is 0.142. The molecule has 0 radical (unpaired) electrons. The summed E-state index contributed by atoms with van der Waals surface area (Å²) in [5.74, 6) is 0.362. The Hall–Kier alpha value is -3.20. The number of fused-ring (bicyclic) bond motifs is 3. The van der Waals surface area contributed by atoms with Crippen LogP contribution in [0.1, 0.15) is 54.7 Å². The first kappa shape index (κ1) is 28.3. The van der Waals surface area contributed by atoms with E-state index in [1.54, 1.807) is 24.3 Å². The van der Waals surface area contributed by atoms with Gasteiger partial charge in [0.25, 0.3) is 0 Å². The number of hydrogen-bond donors (Lipinski definition) is 2. The molecule has 3 aromatic carbocycles. The van der Waals surface area contributed by atoms with Gasteiger partial charge >= 0.3 is 6.09 Å². The van der Waals surface area contributed by atoms with Crippen molar-refractivity contribution in [1.29, 1.82) is 0 Å². The molecule has 0 spiro atoms. The number of sulfonamides is 1. The molecule has 2 aliphatic rings. The van der Waals surface area contributed by atoms with Gasteiger partial charge in [0.15, 0.2) is 0 Å². The predicted molar refractivity (Wildman–Crippen MR) is 156 cm³/mol. The van der Waals surface area contributed by atoms with E-state index in [2.05, 4.69) is 29.6 Å². The average Bonchev–Trinajstić information content (AvgIpc) is 3.73. The summed E-state index contributed by atoms with van der Waals surface area (Å²) in [5.41, 5.74) is 5.71. The molecule has 0 saturated heterocycles. The van der Waals surface area contributed by atoms with Crippen molar-refractivity contribution in [2.75, 3.05) is 26.3 Å². The number of alkyl carbamates (subject to hydrolysis) is 1. The number of ether oxygens (including phenoxy) is 1. The number of aliphatic hydroxyl groups is 1. The summed E-state index contributed by atoms with van der Waals surface area (Å²) in [6.45, 7) is 2.80. The third kappa shape index (κ3) is 6.40. The van der Waals surface area contributed by atoms with Gasteiger partial charge in [0.1, 0.15) is 6.61 Å². The summed E-state index contributed by atoms with van der Waals surface area (Å²) < 4.78 is 34.0. The number of aryl methyl sites for hydroxylation is 1. The van der Waals surface area contributed by atoms with Crippen LogP contribution in [0.2, 0.25) is 0 Å². The highest BCUT2D eigenvalue weighted by molar-refractivity contribution is 7.89. The molecule has 3 aromatic rings. The van der Waals surface area contributed by atoms with Crippen LogP contribution in [0.15, 0.2) is 77.7 Å². The Morgan fingerprint density at radius 2 is 1.60 bits per heavy atom. The molecule has 0 heterocycles. The van der Waals surface area contributed by atoms with E-state index < -0.39 is 22.2 Å². The first-order valence-corrected chi connectivity index (χ1v) is 15.6. The van der Waals surface area contributed by atoms with Gasteiger partial charge in [-0.05, 0) is 72.9 Å². The quantitative estimate of drug-likeness (QED) is 0.270. The van der Waals surface area contributed by atoms with Crippen LogP contribution in [0.3, 0.4) is 0 Å². The number of unbranched alkanes of at least 4 members (excludes halogenated alkanes) is 1. The van der Waals surface area contributed by atoms with Gasteiger partial charge in [-0.2, -0.15) is 4.31 Å². The molecule has 2 N–H and O–H groups in total. The molecule has 7 nitrogen and oxygen atoms in total. The molecule has 1 fully saturated rings. The highest BCUT2D eigenvalue weighted by atomic mass is 32.2. The number of amides is 1. The lowest BCUT2D eigenvalue weighted by atomic mass is 9.98. The fourth-order valence-electron chi connectivity index (χ4n) is 5.52. The molecule has 0 bridgehead atoms. The van der Waals surface area contributed by atoms with Gasteiger partial charge in [-0.15, -0.1) is 0 Å². The lowest BCUT2D eigenvalue weighted by Crippen LogP contribution is -2.43. The second-order valence-electron chi connectivity index (χ2n) is 10.9. The van der Waals surface area contributed by atoms with Crippen molar-refractivity contribution in [3.05, 3.63) is 89.5 Å². The summed E-state index contributed by atoms with van der Waals surface area (Å²) in [7, 11) is -3.71. The molecule has 1 saturated carbocycles. The molecule has 0 aliphatic heterocycles. The third-order valence-electron chi connectivity index (χ3n) is 7.96. The van der Waals surface area contributed by atoms with Crippen LogP contribution in [0.5, 0.6) is 0 Å². The van der Waals surface area contributed by atoms with Crippen LogP contribution in [-0.4, -0.2) is 56.3 Å². The number of rotatable bonds is 13. The number of carbonyl (C=O) groups excluding carboxylic acids is 1. The summed E-state index contributed by atoms with van der Waals surface area (Å²) in [5, 5.41) is 13.0. The van der Waals surface area contributed by atoms with Gasteiger partial charge in [-0.25, -0.2) is 13.2 Å². The number of hydrogen-bond acceptors (Lipinski definition) is 5. The molecule has 8 heteroatoms. The molecule has 1 atom stereocenters. The summed E-state index contributed by atoms with van der Waals surface area (Å²) >= 11 is 0. The van der Waals surface area contributed by atoms with E-state index in [0.29, 0.717) is 38.3 Å². The molecule has 1 amide bonds. The van der Waals surface area contributed by atoms with E-state index in [1.165, 1.54) is 26.6 Å². The largest absolute Gasteiger partial charge is 0.449 e. The molecule has 5 rings (SSSR count). The van der Waals surface area contributed by atoms with Crippen molar-refractivity contribution in [3.8, 4) is 11.1 Å². The maximum atomic E-state index is 13.5. The van der Waals surface area contributed by atoms with E-state index in [-0.39, 0.29) is 24.0 Å². The smallest absolute Gasteiger partial charge is 0.407 e. The topological polar surface area (TPSA) is 95.9 Å². The highest BCUT2D eigenvalue weighted by Crippen LogP contribution is 2.44. The maximum Gasteiger partial charge on any atom is 0.407 e. The Kier molecular flexibility index (Phi) is 8.88. The van der Waals surface area contributed by atoms with Crippen LogP contribution in [0.4, 0.5) is 4.79 Å². The molecule has 0 aromatic heterocycles. The highest BCUT2D eigenvalue weighted by Gasteiger charge is 2.36. The van der Waals surface area contributed by atoms with Crippen molar-refractivity contribution in [3.63, 3.8) is 0 Å². The minimum atomic E-state index is -3.71. The van der Waals surface area contributed by atoms with Gasteiger partial charge in [0.05, 0.1) is 11.5 Å². The Balaban J connectivity index is 1.10.